The molecule has 0 atom stereocenters. The second-order valence-electron chi connectivity index (χ2n) is 3.65. The zero-order valence-corrected chi connectivity index (χ0v) is 11.6. The van der Waals surface area contributed by atoms with E-state index in [9.17, 15) is 4.79 Å². The molecule has 0 saturated carbocycles. The van der Waals surface area contributed by atoms with Crippen molar-refractivity contribution in [1.29, 1.82) is 0 Å². The van der Waals surface area contributed by atoms with Crippen molar-refractivity contribution < 1.29 is 23.7 Å². The van der Waals surface area contributed by atoms with E-state index < -0.39 is 5.97 Å². The summed E-state index contributed by atoms with van der Waals surface area (Å²) in [6.45, 7) is 0.891. The molecule has 1 aromatic rings. The Morgan fingerprint density at radius 1 is 1.11 bits per heavy atom. The van der Waals surface area contributed by atoms with Crippen molar-refractivity contribution in [3.63, 3.8) is 0 Å². The average Bonchev–Trinajstić information content (AvgIpc) is 2.45. The van der Waals surface area contributed by atoms with Gasteiger partial charge in [-0.15, -0.1) is 0 Å². The topological polar surface area (TPSA) is 66.0 Å². The smallest absolute Gasteiger partial charge is 0.338 e. The molecule has 0 spiro atoms. The second kappa shape index (κ2) is 7.48. The highest BCUT2D eigenvalue weighted by molar-refractivity contribution is 5.91. The molecule has 0 heterocycles. The number of hydrogen-bond donors (Lipinski definition) is 1. The van der Waals surface area contributed by atoms with Gasteiger partial charge in [-0.1, -0.05) is 0 Å². The van der Waals surface area contributed by atoms with Crippen molar-refractivity contribution in [2.75, 3.05) is 41.5 Å². The van der Waals surface area contributed by atoms with Crippen LogP contribution in [0.25, 0.3) is 0 Å². The molecular formula is C13H19NO5. The molecule has 0 amide bonds. The number of rotatable bonds is 7. The molecule has 1 aromatic carbocycles. The molecule has 1 N–H and O–H groups in total. The fourth-order valence-electron chi connectivity index (χ4n) is 1.53. The van der Waals surface area contributed by atoms with Gasteiger partial charge in [0.2, 0.25) is 5.75 Å². The van der Waals surface area contributed by atoms with E-state index in [0.717, 1.165) is 0 Å². The molecule has 0 fully saturated rings. The summed E-state index contributed by atoms with van der Waals surface area (Å²) in [4.78, 5) is 11.9. The normalized spacial score (nSPS) is 9.89. The highest BCUT2D eigenvalue weighted by atomic mass is 16.5. The molecular weight excluding hydrogens is 250 g/mol. The number of methoxy groups -OCH3 is 3. The van der Waals surface area contributed by atoms with E-state index in [1.165, 1.54) is 21.3 Å². The van der Waals surface area contributed by atoms with E-state index in [1.54, 1.807) is 19.2 Å². The maximum atomic E-state index is 11.9. The van der Waals surface area contributed by atoms with Crippen LogP contribution in [0.3, 0.4) is 0 Å². The van der Waals surface area contributed by atoms with E-state index in [-0.39, 0.29) is 0 Å². The van der Waals surface area contributed by atoms with Crippen LogP contribution in [-0.2, 0) is 4.74 Å². The zero-order chi connectivity index (χ0) is 14.3. The third kappa shape index (κ3) is 3.75. The highest BCUT2D eigenvalue weighted by Crippen LogP contribution is 2.38. The van der Waals surface area contributed by atoms with E-state index in [4.69, 9.17) is 18.9 Å². The summed E-state index contributed by atoms with van der Waals surface area (Å²) in [6.07, 6.45) is 0. The first-order valence-corrected chi connectivity index (χ1v) is 5.79. The molecule has 106 valence electrons. The standard InChI is InChI=1S/C13H19NO5/c1-14-5-6-19-13(15)9-7-10(16-2)12(18-4)11(8-9)17-3/h7-8,14H,5-6H2,1-4H3. The van der Waals surface area contributed by atoms with Gasteiger partial charge in [0, 0.05) is 6.54 Å². The molecule has 0 aromatic heterocycles. The summed E-state index contributed by atoms with van der Waals surface area (Å²) in [6, 6.07) is 3.12. The quantitative estimate of drug-likeness (QED) is 0.590. The summed E-state index contributed by atoms with van der Waals surface area (Å²) >= 11 is 0. The first kappa shape index (κ1) is 15.1. The molecule has 0 bridgehead atoms. The first-order valence-electron chi connectivity index (χ1n) is 5.79. The van der Waals surface area contributed by atoms with Crippen LogP contribution in [0.15, 0.2) is 12.1 Å². The minimum absolute atomic E-state index is 0.298. The van der Waals surface area contributed by atoms with Gasteiger partial charge in [-0.25, -0.2) is 4.79 Å². The van der Waals surface area contributed by atoms with Crippen LogP contribution in [0.1, 0.15) is 10.4 Å². The number of nitrogens with one attached hydrogen (secondary N) is 1. The van der Waals surface area contributed by atoms with Crippen LogP contribution < -0.4 is 19.5 Å². The molecule has 1 rings (SSSR count). The molecule has 0 aliphatic rings. The van der Waals surface area contributed by atoms with Gasteiger partial charge in [0.15, 0.2) is 11.5 Å². The van der Waals surface area contributed by atoms with E-state index in [0.29, 0.717) is 36.0 Å². The first-order chi connectivity index (χ1) is 9.17. The lowest BCUT2D eigenvalue weighted by molar-refractivity contribution is 0.0509. The third-order valence-corrected chi connectivity index (χ3v) is 2.49. The zero-order valence-electron chi connectivity index (χ0n) is 11.6. The van der Waals surface area contributed by atoms with Crippen molar-refractivity contribution in [2.24, 2.45) is 0 Å². The number of hydrogen-bond acceptors (Lipinski definition) is 6. The summed E-state index contributed by atoms with van der Waals surface area (Å²) < 4.78 is 20.6. The predicted molar refractivity (Wildman–Crippen MR) is 70.3 cm³/mol. The average molecular weight is 269 g/mol. The van der Waals surface area contributed by atoms with Crippen molar-refractivity contribution in [3.8, 4) is 17.2 Å². The van der Waals surface area contributed by atoms with Gasteiger partial charge in [0.25, 0.3) is 0 Å². The minimum Gasteiger partial charge on any atom is -0.493 e. The lowest BCUT2D eigenvalue weighted by atomic mass is 10.2. The number of ether oxygens (including phenoxy) is 4. The van der Waals surface area contributed by atoms with Crippen LogP contribution in [0.5, 0.6) is 17.2 Å². The van der Waals surface area contributed by atoms with Gasteiger partial charge in [-0.3, -0.25) is 0 Å². The lowest BCUT2D eigenvalue weighted by Crippen LogP contribution is -2.17. The van der Waals surface area contributed by atoms with Crippen LogP contribution in [0.4, 0.5) is 0 Å². The Morgan fingerprint density at radius 2 is 1.68 bits per heavy atom. The number of esters is 1. The molecule has 0 aliphatic carbocycles. The summed E-state index contributed by atoms with van der Waals surface area (Å²) in [5.74, 6) is 0.844. The van der Waals surface area contributed by atoms with Gasteiger partial charge >= 0.3 is 5.97 Å². The number of carbonyl (C=O) groups excluding carboxylic acids is 1. The van der Waals surface area contributed by atoms with E-state index in [1.807, 2.05) is 0 Å². The van der Waals surface area contributed by atoms with Crippen molar-refractivity contribution in [2.45, 2.75) is 0 Å². The Hall–Kier alpha value is -1.95. The number of likely N-dealkylation sites (N-methyl/N-ethyl adjacent to an activating group) is 1. The van der Waals surface area contributed by atoms with E-state index in [2.05, 4.69) is 5.32 Å². The summed E-state index contributed by atoms with van der Waals surface area (Å²) in [7, 11) is 6.28. The van der Waals surface area contributed by atoms with Crippen molar-refractivity contribution >= 4 is 5.97 Å². The Labute approximate surface area is 112 Å². The van der Waals surface area contributed by atoms with Gasteiger partial charge < -0.3 is 24.3 Å². The number of carbonyl (C=O) groups is 1. The van der Waals surface area contributed by atoms with Gasteiger partial charge in [0.05, 0.1) is 26.9 Å². The SMILES string of the molecule is CNCCOC(=O)c1cc(OC)c(OC)c(OC)c1. The molecule has 0 radical (unpaired) electrons. The van der Waals surface area contributed by atoms with Gasteiger partial charge in [0.1, 0.15) is 6.61 Å². The highest BCUT2D eigenvalue weighted by Gasteiger charge is 2.17. The third-order valence-electron chi connectivity index (χ3n) is 2.49. The van der Waals surface area contributed by atoms with Crippen LogP contribution in [0, 0.1) is 0 Å². The monoisotopic (exact) mass is 269 g/mol. The van der Waals surface area contributed by atoms with Crippen LogP contribution in [0.2, 0.25) is 0 Å². The maximum absolute atomic E-state index is 11.9. The van der Waals surface area contributed by atoms with Gasteiger partial charge in [-0.05, 0) is 19.2 Å². The van der Waals surface area contributed by atoms with Crippen LogP contribution >= 0.6 is 0 Å². The van der Waals surface area contributed by atoms with Crippen LogP contribution in [-0.4, -0.2) is 47.5 Å². The van der Waals surface area contributed by atoms with Crippen molar-refractivity contribution in [1.82, 2.24) is 5.32 Å². The number of benzene rings is 1. The van der Waals surface area contributed by atoms with Crippen molar-refractivity contribution in [3.05, 3.63) is 17.7 Å². The molecule has 6 nitrogen and oxygen atoms in total. The Bertz CT molecular complexity index is 408. The lowest BCUT2D eigenvalue weighted by Gasteiger charge is -2.13. The fraction of sp³-hybridized carbons (Fsp3) is 0.462. The summed E-state index contributed by atoms with van der Waals surface area (Å²) in [5.41, 5.74) is 0.352. The molecule has 0 aliphatic heterocycles. The predicted octanol–water partition coefficient (Wildman–Crippen LogP) is 1.09. The molecule has 0 unspecified atom stereocenters. The Kier molecular flexibility index (Phi) is 5.95. The van der Waals surface area contributed by atoms with Gasteiger partial charge in [-0.2, -0.15) is 0 Å². The Morgan fingerprint density at radius 3 is 2.11 bits per heavy atom. The minimum atomic E-state index is -0.436. The maximum Gasteiger partial charge on any atom is 0.338 e. The van der Waals surface area contributed by atoms with E-state index >= 15 is 0 Å². The molecule has 6 heteroatoms. The molecule has 0 saturated heterocycles. The summed E-state index contributed by atoms with van der Waals surface area (Å²) in [5, 5.41) is 2.89. The largest absolute Gasteiger partial charge is 0.493 e. The fourth-order valence-corrected chi connectivity index (χ4v) is 1.53. The second-order valence-corrected chi connectivity index (χ2v) is 3.65. The molecule has 19 heavy (non-hydrogen) atoms. The Balaban J connectivity index is 2.98.